The lowest BCUT2D eigenvalue weighted by Gasteiger charge is -2.18. The molecule has 1 aliphatic heterocycles. The summed E-state index contributed by atoms with van der Waals surface area (Å²) in [4.78, 5) is 24.6. The van der Waals surface area contributed by atoms with Gasteiger partial charge in [-0.15, -0.1) is 0 Å². The maximum atomic E-state index is 12.1. The van der Waals surface area contributed by atoms with Crippen molar-refractivity contribution in [2.75, 3.05) is 25.0 Å². The smallest absolute Gasteiger partial charge is 0.308 e. The fourth-order valence-electron chi connectivity index (χ4n) is 2.56. The zero-order valence-electron chi connectivity index (χ0n) is 11.8. The number of hydrogen-bond donors (Lipinski definition) is 2. The predicted molar refractivity (Wildman–Crippen MR) is 76.7 cm³/mol. The fraction of sp³-hybridized carbons (Fsp3) is 0.467. The van der Waals surface area contributed by atoms with Gasteiger partial charge >= 0.3 is 5.97 Å². The minimum atomic E-state index is -0.817. The molecule has 0 spiro atoms. The first-order valence-corrected chi connectivity index (χ1v) is 6.79. The number of nitrogens with one attached hydrogen (secondary N) is 1. The molecule has 5 nitrogen and oxygen atoms in total. The third-order valence-corrected chi connectivity index (χ3v) is 3.79. The molecular weight excluding hydrogens is 256 g/mol. The van der Waals surface area contributed by atoms with Gasteiger partial charge in [-0.1, -0.05) is 18.2 Å². The molecule has 1 heterocycles. The first-order valence-electron chi connectivity index (χ1n) is 6.79. The quantitative estimate of drug-likeness (QED) is 0.877. The van der Waals surface area contributed by atoms with E-state index in [9.17, 15) is 9.59 Å². The molecule has 1 amide bonds. The van der Waals surface area contributed by atoms with E-state index in [1.807, 2.05) is 32.0 Å². The Bertz CT molecular complexity index is 508. The van der Waals surface area contributed by atoms with Crippen LogP contribution in [0.25, 0.3) is 0 Å². The van der Waals surface area contributed by atoms with Crippen LogP contribution in [0.2, 0.25) is 0 Å². The molecule has 0 bridgehead atoms. The van der Waals surface area contributed by atoms with E-state index in [1.54, 1.807) is 4.90 Å². The van der Waals surface area contributed by atoms with Crippen LogP contribution in [-0.2, 0) is 9.59 Å². The normalized spacial score (nSPS) is 18.1. The standard InChI is InChI=1S/C15H20N2O3/c1-10-4-3-5-11(2)14(10)16-8-13(18)17-7-6-12(9-17)15(19)20/h3-5,12,16H,6-9H2,1-2H3,(H,19,20). The Hall–Kier alpha value is -2.04. The molecule has 1 aromatic carbocycles. The summed E-state index contributed by atoms with van der Waals surface area (Å²) in [5, 5.41) is 12.1. The fourth-order valence-corrected chi connectivity index (χ4v) is 2.56. The second kappa shape index (κ2) is 5.94. The van der Waals surface area contributed by atoms with Crippen molar-refractivity contribution in [1.29, 1.82) is 0 Å². The van der Waals surface area contributed by atoms with E-state index in [0.29, 0.717) is 19.5 Å². The summed E-state index contributed by atoms with van der Waals surface area (Å²) in [6, 6.07) is 5.97. The number of carbonyl (C=O) groups excluding carboxylic acids is 1. The molecule has 1 aromatic rings. The Kier molecular flexibility index (Phi) is 4.27. The highest BCUT2D eigenvalue weighted by Crippen LogP contribution is 2.20. The van der Waals surface area contributed by atoms with Gasteiger partial charge in [-0.25, -0.2) is 0 Å². The Morgan fingerprint density at radius 2 is 2.00 bits per heavy atom. The van der Waals surface area contributed by atoms with Crippen molar-refractivity contribution >= 4 is 17.6 Å². The Labute approximate surface area is 118 Å². The van der Waals surface area contributed by atoms with Gasteiger partial charge in [-0.3, -0.25) is 9.59 Å². The summed E-state index contributed by atoms with van der Waals surface area (Å²) in [6.45, 7) is 5.05. The lowest BCUT2D eigenvalue weighted by Crippen LogP contribution is -2.34. The van der Waals surface area contributed by atoms with Crippen LogP contribution in [0, 0.1) is 19.8 Å². The number of carbonyl (C=O) groups is 2. The van der Waals surface area contributed by atoms with Crippen molar-refractivity contribution in [2.24, 2.45) is 5.92 Å². The van der Waals surface area contributed by atoms with E-state index in [4.69, 9.17) is 5.11 Å². The lowest BCUT2D eigenvalue weighted by molar-refractivity contribution is -0.141. The van der Waals surface area contributed by atoms with Crippen LogP contribution in [0.15, 0.2) is 18.2 Å². The van der Waals surface area contributed by atoms with Gasteiger partial charge < -0.3 is 15.3 Å². The third kappa shape index (κ3) is 3.10. The van der Waals surface area contributed by atoms with E-state index in [1.165, 1.54) is 0 Å². The summed E-state index contributed by atoms with van der Waals surface area (Å²) in [5.41, 5.74) is 3.18. The SMILES string of the molecule is Cc1cccc(C)c1NCC(=O)N1CCC(C(=O)O)C1. The molecule has 1 atom stereocenters. The first-order chi connectivity index (χ1) is 9.49. The van der Waals surface area contributed by atoms with Gasteiger partial charge in [0.25, 0.3) is 0 Å². The molecule has 2 N–H and O–H groups in total. The number of hydrogen-bond acceptors (Lipinski definition) is 3. The van der Waals surface area contributed by atoms with Crippen molar-refractivity contribution in [3.05, 3.63) is 29.3 Å². The number of carboxylic acids is 1. The number of aliphatic carboxylic acids is 1. The second-order valence-corrected chi connectivity index (χ2v) is 5.28. The van der Waals surface area contributed by atoms with Crippen LogP contribution in [0.5, 0.6) is 0 Å². The van der Waals surface area contributed by atoms with Crippen LogP contribution in [0.1, 0.15) is 17.5 Å². The number of likely N-dealkylation sites (tertiary alicyclic amines) is 1. The Morgan fingerprint density at radius 3 is 2.55 bits per heavy atom. The minimum absolute atomic E-state index is 0.0450. The molecule has 1 saturated heterocycles. The van der Waals surface area contributed by atoms with Crippen molar-refractivity contribution < 1.29 is 14.7 Å². The number of para-hydroxylation sites is 1. The summed E-state index contributed by atoms with van der Waals surface area (Å²) in [7, 11) is 0. The number of amides is 1. The number of rotatable bonds is 4. The number of aryl methyl sites for hydroxylation is 2. The molecule has 0 aromatic heterocycles. The van der Waals surface area contributed by atoms with Crippen LogP contribution >= 0.6 is 0 Å². The molecule has 0 radical (unpaired) electrons. The zero-order valence-corrected chi connectivity index (χ0v) is 11.8. The van der Waals surface area contributed by atoms with E-state index in [0.717, 1.165) is 16.8 Å². The van der Waals surface area contributed by atoms with Gasteiger partial charge in [0.15, 0.2) is 0 Å². The second-order valence-electron chi connectivity index (χ2n) is 5.28. The van der Waals surface area contributed by atoms with E-state index >= 15 is 0 Å². The molecule has 0 aliphatic carbocycles. The topological polar surface area (TPSA) is 69.6 Å². The number of carboxylic acid groups (broad SMARTS) is 1. The highest BCUT2D eigenvalue weighted by Gasteiger charge is 2.30. The van der Waals surface area contributed by atoms with Gasteiger partial charge in [-0.05, 0) is 31.4 Å². The van der Waals surface area contributed by atoms with E-state index < -0.39 is 11.9 Å². The summed E-state index contributed by atoms with van der Waals surface area (Å²) in [6.07, 6.45) is 0.546. The summed E-state index contributed by atoms with van der Waals surface area (Å²) < 4.78 is 0. The molecule has 1 aliphatic rings. The zero-order chi connectivity index (χ0) is 14.7. The molecule has 1 unspecified atom stereocenters. The van der Waals surface area contributed by atoms with Crippen molar-refractivity contribution in [2.45, 2.75) is 20.3 Å². The van der Waals surface area contributed by atoms with Crippen molar-refractivity contribution in [3.63, 3.8) is 0 Å². The number of anilines is 1. The average molecular weight is 276 g/mol. The molecule has 5 heteroatoms. The number of benzene rings is 1. The lowest BCUT2D eigenvalue weighted by atomic mass is 10.1. The van der Waals surface area contributed by atoms with Gasteiger partial charge in [-0.2, -0.15) is 0 Å². The van der Waals surface area contributed by atoms with Crippen LogP contribution in [-0.4, -0.2) is 41.5 Å². The largest absolute Gasteiger partial charge is 0.481 e. The molecule has 0 saturated carbocycles. The first kappa shape index (κ1) is 14.4. The van der Waals surface area contributed by atoms with Gasteiger partial charge in [0.2, 0.25) is 5.91 Å². The maximum Gasteiger partial charge on any atom is 0.308 e. The van der Waals surface area contributed by atoms with Gasteiger partial charge in [0, 0.05) is 18.8 Å². The summed E-state index contributed by atoms with van der Waals surface area (Å²) in [5.74, 6) is -1.28. The molecule has 1 fully saturated rings. The Morgan fingerprint density at radius 1 is 1.35 bits per heavy atom. The third-order valence-electron chi connectivity index (χ3n) is 3.79. The van der Waals surface area contributed by atoms with Crippen LogP contribution in [0.3, 0.4) is 0 Å². The van der Waals surface area contributed by atoms with Gasteiger partial charge in [0.05, 0.1) is 12.5 Å². The van der Waals surface area contributed by atoms with Crippen LogP contribution in [0.4, 0.5) is 5.69 Å². The summed E-state index contributed by atoms with van der Waals surface area (Å²) >= 11 is 0. The Balaban J connectivity index is 1.92. The average Bonchev–Trinajstić information content (AvgIpc) is 2.87. The predicted octanol–water partition coefficient (Wildman–Crippen LogP) is 1.65. The molecule has 2 rings (SSSR count). The highest BCUT2D eigenvalue weighted by molar-refractivity contribution is 5.83. The van der Waals surface area contributed by atoms with Gasteiger partial charge in [0.1, 0.15) is 0 Å². The number of nitrogens with zero attached hydrogens (tertiary/aromatic N) is 1. The molecular formula is C15H20N2O3. The maximum absolute atomic E-state index is 12.1. The van der Waals surface area contributed by atoms with E-state index in [2.05, 4.69) is 5.32 Å². The minimum Gasteiger partial charge on any atom is -0.481 e. The van der Waals surface area contributed by atoms with Crippen molar-refractivity contribution in [3.8, 4) is 0 Å². The highest BCUT2D eigenvalue weighted by atomic mass is 16.4. The van der Waals surface area contributed by atoms with Crippen molar-refractivity contribution in [1.82, 2.24) is 4.90 Å². The molecule has 108 valence electrons. The molecule has 20 heavy (non-hydrogen) atoms. The monoisotopic (exact) mass is 276 g/mol. The van der Waals surface area contributed by atoms with E-state index in [-0.39, 0.29) is 12.5 Å². The van der Waals surface area contributed by atoms with Crippen LogP contribution < -0.4 is 5.32 Å².